The molecule has 5 rings (SSSR count). The van der Waals surface area contributed by atoms with Crippen LogP contribution in [-0.4, -0.2) is 28.4 Å². The Labute approximate surface area is 214 Å². The van der Waals surface area contributed by atoms with Crippen molar-refractivity contribution < 1.29 is 23.8 Å². The molecule has 1 atom stereocenters. The van der Waals surface area contributed by atoms with E-state index in [1.54, 1.807) is 43.3 Å². The van der Waals surface area contributed by atoms with Crippen molar-refractivity contribution in [3.63, 3.8) is 0 Å². The standard InChI is InChI=1S/C25H18Cl2N2O5S/c1-3-33-14-6-8-17-19(11-14)35-25(28-17)29-21(13-5-7-15(26)16(27)10-13)20(23(31)24(29)32)22(30)18-9-4-12(2)34-18/h4-11,21,31H,3H2,1-2H3/t21-/m1/s1. The van der Waals surface area contributed by atoms with Crippen LogP contribution in [0.2, 0.25) is 10.0 Å². The smallest absolute Gasteiger partial charge is 0.296 e. The molecule has 7 nitrogen and oxygen atoms in total. The third kappa shape index (κ3) is 4.07. The molecule has 2 aromatic carbocycles. The Morgan fingerprint density at radius 3 is 2.66 bits per heavy atom. The molecule has 2 aromatic heterocycles. The molecule has 0 unspecified atom stereocenters. The maximum Gasteiger partial charge on any atom is 0.296 e. The summed E-state index contributed by atoms with van der Waals surface area (Å²) >= 11 is 13.6. The van der Waals surface area contributed by atoms with Gasteiger partial charge in [-0.2, -0.15) is 0 Å². The number of hydrogen-bond donors (Lipinski definition) is 1. The Morgan fingerprint density at radius 1 is 1.17 bits per heavy atom. The molecule has 35 heavy (non-hydrogen) atoms. The summed E-state index contributed by atoms with van der Waals surface area (Å²) in [5.41, 5.74) is 1.00. The first-order valence-corrected chi connectivity index (χ1v) is 12.2. The summed E-state index contributed by atoms with van der Waals surface area (Å²) in [6.07, 6.45) is 0. The van der Waals surface area contributed by atoms with Crippen LogP contribution in [0.25, 0.3) is 10.2 Å². The van der Waals surface area contributed by atoms with Gasteiger partial charge in [-0.05, 0) is 61.9 Å². The molecule has 1 N–H and O–H groups in total. The second-order valence-corrected chi connectivity index (χ2v) is 9.64. The molecule has 4 aromatic rings. The Hall–Kier alpha value is -3.33. The molecule has 1 amide bonds. The molecule has 0 fully saturated rings. The Bertz CT molecular complexity index is 1520. The number of carbonyl (C=O) groups is 2. The van der Waals surface area contributed by atoms with Crippen LogP contribution in [0, 0.1) is 6.92 Å². The molecule has 0 saturated carbocycles. The van der Waals surface area contributed by atoms with E-state index in [1.807, 2.05) is 13.0 Å². The first kappa shape index (κ1) is 23.4. The van der Waals surface area contributed by atoms with E-state index in [-0.39, 0.29) is 16.4 Å². The molecule has 3 heterocycles. The van der Waals surface area contributed by atoms with Gasteiger partial charge in [-0.3, -0.25) is 14.5 Å². The first-order valence-electron chi connectivity index (χ1n) is 10.6. The zero-order valence-electron chi connectivity index (χ0n) is 18.5. The predicted molar refractivity (Wildman–Crippen MR) is 135 cm³/mol. The van der Waals surface area contributed by atoms with Crippen molar-refractivity contribution in [1.82, 2.24) is 4.98 Å². The third-order valence-electron chi connectivity index (χ3n) is 5.54. The van der Waals surface area contributed by atoms with Crippen LogP contribution < -0.4 is 9.64 Å². The number of thiazole rings is 1. The number of nitrogens with zero attached hydrogens (tertiary/aromatic N) is 2. The van der Waals surface area contributed by atoms with Gasteiger partial charge in [0, 0.05) is 0 Å². The van der Waals surface area contributed by atoms with Gasteiger partial charge < -0.3 is 14.3 Å². The van der Waals surface area contributed by atoms with Crippen LogP contribution in [0.5, 0.6) is 5.75 Å². The Balaban J connectivity index is 1.66. The van der Waals surface area contributed by atoms with Gasteiger partial charge in [0.25, 0.3) is 5.91 Å². The Morgan fingerprint density at radius 2 is 1.97 bits per heavy atom. The average molecular weight is 529 g/mol. The molecular weight excluding hydrogens is 511 g/mol. The van der Waals surface area contributed by atoms with Gasteiger partial charge in [-0.1, -0.05) is 40.6 Å². The van der Waals surface area contributed by atoms with E-state index < -0.39 is 23.5 Å². The lowest BCUT2D eigenvalue weighted by Gasteiger charge is -2.24. The van der Waals surface area contributed by atoms with Crippen LogP contribution >= 0.6 is 34.5 Å². The molecular formula is C25H18Cl2N2O5S. The number of hydrogen-bond acceptors (Lipinski definition) is 7. The number of rotatable bonds is 6. The minimum absolute atomic E-state index is 0.00872. The van der Waals surface area contributed by atoms with Crippen LogP contribution in [0.3, 0.4) is 0 Å². The van der Waals surface area contributed by atoms with Crippen molar-refractivity contribution in [3.05, 3.63) is 87.0 Å². The van der Waals surface area contributed by atoms with Crippen LogP contribution in [0.1, 0.15) is 34.8 Å². The number of furan rings is 1. The molecule has 0 aliphatic carbocycles. The zero-order chi connectivity index (χ0) is 24.9. The summed E-state index contributed by atoms with van der Waals surface area (Å²) in [6, 6.07) is 12.3. The SMILES string of the molecule is CCOc1ccc2nc(N3C(=O)C(O)=C(C(=O)c4ccc(C)o4)[C@H]3c3ccc(Cl)c(Cl)c3)sc2c1. The van der Waals surface area contributed by atoms with E-state index in [0.29, 0.717) is 39.4 Å². The van der Waals surface area contributed by atoms with E-state index in [4.69, 9.17) is 32.4 Å². The van der Waals surface area contributed by atoms with Crippen molar-refractivity contribution >= 4 is 61.6 Å². The molecule has 0 radical (unpaired) electrons. The summed E-state index contributed by atoms with van der Waals surface area (Å²) < 4.78 is 11.8. The fourth-order valence-corrected chi connectivity index (χ4v) is 5.30. The van der Waals surface area contributed by atoms with E-state index in [2.05, 4.69) is 4.98 Å². The lowest BCUT2D eigenvalue weighted by Crippen LogP contribution is -2.31. The molecule has 1 aliphatic heterocycles. The number of fused-ring (bicyclic) bond motifs is 1. The summed E-state index contributed by atoms with van der Waals surface area (Å²) in [5.74, 6) is -0.825. The van der Waals surface area contributed by atoms with E-state index in [0.717, 1.165) is 4.70 Å². The van der Waals surface area contributed by atoms with Crippen molar-refractivity contribution in [2.75, 3.05) is 11.5 Å². The number of ketones is 1. The van der Waals surface area contributed by atoms with Crippen molar-refractivity contribution in [1.29, 1.82) is 0 Å². The minimum atomic E-state index is -0.998. The highest BCUT2D eigenvalue weighted by atomic mass is 35.5. The van der Waals surface area contributed by atoms with E-state index >= 15 is 0 Å². The highest BCUT2D eigenvalue weighted by molar-refractivity contribution is 7.22. The number of amides is 1. The number of ether oxygens (including phenoxy) is 1. The first-order chi connectivity index (χ1) is 16.8. The lowest BCUT2D eigenvalue weighted by molar-refractivity contribution is -0.117. The van der Waals surface area contributed by atoms with Gasteiger partial charge in [0.05, 0.1) is 38.5 Å². The fraction of sp³-hybridized carbons (Fsp3) is 0.160. The highest BCUT2D eigenvalue weighted by Crippen LogP contribution is 2.45. The number of halogens is 2. The summed E-state index contributed by atoms with van der Waals surface area (Å²) in [6.45, 7) is 4.10. The number of Topliss-reactive ketones (excluding diaryl/α,β-unsaturated/α-hetero) is 1. The van der Waals surface area contributed by atoms with Crippen LogP contribution in [0.15, 0.2) is 64.3 Å². The van der Waals surface area contributed by atoms with Gasteiger partial charge in [-0.15, -0.1) is 0 Å². The molecule has 0 saturated heterocycles. The van der Waals surface area contributed by atoms with E-state index in [1.165, 1.54) is 22.3 Å². The topological polar surface area (TPSA) is 92.9 Å². The van der Waals surface area contributed by atoms with Crippen LogP contribution in [0.4, 0.5) is 5.13 Å². The van der Waals surface area contributed by atoms with Gasteiger partial charge in [0.2, 0.25) is 5.78 Å². The number of aliphatic hydroxyl groups is 1. The molecule has 1 aliphatic rings. The van der Waals surface area contributed by atoms with Gasteiger partial charge in [0.15, 0.2) is 16.7 Å². The summed E-state index contributed by atoms with van der Waals surface area (Å²) in [5, 5.41) is 11.8. The highest BCUT2D eigenvalue weighted by Gasteiger charge is 2.46. The zero-order valence-corrected chi connectivity index (χ0v) is 20.9. The number of carbonyl (C=O) groups excluding carboxylic acids is 2. The Kier molecular flexibility index (Phi) is 6.04. The molecule has 10 heteroatoms. The second kappa shape index (κ2) is 9.03. The van der Waals surface area contributed by atoms with Gasteiger partial charge in [0.1, 0.15) is 11.5 Å². The van der Waals surface area contributed by atoms with Crippen LogP contribution in [-0.2, 0) is 4.79 Å². The molecule has 0 bridgehead atoms. The number of aromatic nitrogens is 1. The average Bonchev–Trinajstić information content (AvgIpc) is 3.51. The largest absolute Gasteiger partial charge is 0.503 e. The van der Waals surface area contributed by atoms with Crippen molar-refractivity contribution in [2.45, 2.75) is 19.9 Å². The third-order valence-corrected chi connectivity index (χ3v) is 7.30. The number of aryl methyl sites for hydroxylation is 1. The van der Waals surface area contributed by atoms with Gasteiger partial charge >= 0.3 is 0 Å². The summed E-state index contributed by atoms with van der Waals surface area (Å²) in [7, 11) is 0. The lowest BCUT2D eigenvalue weighted by atomic mass is 9.95. The van der Waals surface area contributed by atoms with E-state index in [9.17, 15) is 14.7 Å². The number of benzene rings is 2. The van der Waals surface area contributed by atoms with Crippen molar-refractivity contribution in [3.8, 4) is 5.75 Å². The maximum absolute atomic E-state index is 13.4. The predicted octanol–water partition coefficient (Wildman–Crippen LogP) is 6.69. The normalized spacial score (nSPS) is 15.9. The second-order valence-electron chi connectivity index (χ2n) is 7.81. The molecule has 0 spiro atoms. The number of aliphatic hydroxyl groups excluding tert-OH is 1. The maximum atomic E-state index is 13.4. The number of anilines is 1. The minimum Gasteiger partial charge on any atom is -0.503 e. The fourth-order valence-electron chi connectivity index (χ4n) is 3.97. The quantitative estimate of drug-likeness (QED) is 0.280. The van der Waals surface area contributed by atoms with Crippen molar-refractivity contribution in [2.24, 2.45) is 0 Å². The molecule has 178 valence electrons. The monoisotopic (exact) mass is 528 g/mol. The van der Waals surface area contributed by atoms with Gasteiger partial charge in [-0.25, -0.2) is 4.98 Å². The summed E-state index contributed by atoms with van der Waals surface area (Å²) in [4.78, 5) is 32.7.